The number of para-hydroxylation sites is 1. The highest BCUT2D eigenvalue weighted by Gasteiger charge is 2.40. The van der Waals surface area contributed by atoms with Gasteiger partial charge in [0, 0.05) is 19.2 Å². The Bertz CT molecular complexity index is 998. The summed E-state index contributed by atoms with van der Waals surface area (Å²) in [7, 11) is 2.02. The van der Waals surface area contributed by atoms with Crippen molar-refractivity contribution in [3.63, 3.8) is 0 Å². The number of carbonyl (C=O) groups excluding carboxylic acids is 2. The van der Waals surface area contributed by atoms with Gasteiger partial charge in [-0.05, 0) is 44.5 Å². The number of aromatic nitrogens is 2. The molecule has 164 valence electrons. The van der Waals surface area contributed by atoms with Crippen molar-refractivity contribution >= 4 is 29.1 Å². The summed E-state index contributed by atoms with van der Waals surface area (Å²) in [4.78, 5) is 34.3. The molecule has 31 heavy (non-hydrogen) atoms. The molecular formula is C23H28ClN5O2. The van der Waals surface area contributed by atoms with Gasteiger partial charge in [0.25, 0.3) is 5.91 Å². The molecular weight excluding hydrogens is 414 g/mol. The third-order valence-electron chi connectivity index (χ3n) is 5.99. The molecule has 2 aromatic rings. The molecule has 0 unspecified atom stereocenters. The van der Waals surface area contributed by atoms with Gasteiger partial charge in [0.15, 0.2) is 0 Å². The monoisotopic (exact) mass is 441 g/mol. The van der Waals surface area contributed by atoms with E-state index >= 15 is 0 Å². The van der Waals surface area contributed by atoms with E-state index in [0.29, 0.717) is 35.4 Å². The molecule has 0 bridgehead atoms. The van der Waals surface area contributed by atoms with Crippen LogP contribution in [0, 0.1) is 5.92 Å². The second-order valence-corrected chi connectivity index (χ2v) is 8.65. The molecule has 1 aliphatic heterocycles. The minimum Gasteiger partial charge on any atom is -0.330 e. The first-order chi connectivity index (χ1) is 15.0. The molecule has 1 aliphatic carbocycles. The largest absolute Gasteiger partial charge is 0.330 e. The number of hydrogen-bond donors (Lipinski definition) is 1. The number of carbonyl (C=O) groups is 2. The maximum absolute atomic E-state index is 13.0. The average Bonchev–Trinajstić information content (AvgIpc) is 3.52. The molecule has 1 saturated carbocycles. The highest BCUT2D eigenvalue weighted by atomic mass is 35.5. The number of anilines is 1. The van der Waals surface area contributed by atoms with Crippen LogP contribution in [0.2, 0.25) is 5.02 Å². The topological polar surface area (TPSA) is 70.5 Å². The van der Waals surface area contributed by atoms with Crippen molar-refractivity contribution in [3.05, 3.63) is 59.2 Å². The Labute approximate surface area is 187 Å². The van der Waals surface area contributed by atoms with E-state index in [1.54, 1.807) is 24.4 Å². The predicted octanol–water partition coefficient (Wildman–Crippen LogP) is 3.59. The zero-order valence-electron chi connectivity index (χ0n) is 17.9. The number of benzene rings is 1. The maximum Gasteiger partial charge on any atom is 0.273 e. The van der Waals surface area contributed by atoms with Gasteiger partial charge in [-0.1, -0.05) is 36.7 Å². The molecule has 0 saturated heterocycles. The standard InChI is InChI=1S/C23H28ClN5O2/c1-3-27(2)12-6-9-22(30)28-14-20(16-10-11-16)29-19(13-25-21(29)15-28)23(31)26-18-8-5-4-7-17(18)24/h4-9,13,16,20H,3,10-12,14-15H2,1-2H3,(H,26,31)/b9-6+/t20-/m0/s1. The quantitative estimate of drug-likeness (QED) is 0.666. The van der Waals surface area contributed by atoms with E-state index in [1.807, 2.05) is 34.7 Å². The highest BCUT2D eigenvalue weighted by molar-refractivity contribution is 6.33. The van der Waals surface area contributed by atoms with Crippen LogP contribution in [-0.2, 0) is 11.3 Å². The normalized spacial score (nSPS) is 18.5. The summed E-state index contributed by atoms with van der Waals surface area (Å²) < 4.78 is 2.03. The molecule has 8 heteroatoms. The Balaban J connectivity index is 1.53. The van der Waals surface area contributed by atoms with Crippen molar-refractivity contribution in [2.75, 3.05) is 32.0 Å². The van der Waals surface area contributed by atoms with Crippen LogP contribution in [0.15, 0.2) is 42.6 Å². The number of nitrogens with zero attached hydrogens (tertiary/aromatic N) is 4. The lowest BCUT2D eigenvalue weighted by Gasteiger charge is -2.34. The molecule has 1 fully saturated rings. The van der Waals surface area contributed by atoms with Crippen molar-refractivity contribution in [2.24, 2.45) is 5.92 Å². The number of imidazole rings is 1. The van der Waals surface area contributed by atoms with Crippen LogP contribution in [0.1, 0.15) is 42.1 Å². The lowest BCUT2D eigenvalue weighted by Crippen LogP contribution is -2.42. The predicted molar refractivity (Wildman–Crippen MR) is 121 cm³/mol. The van der Waals surface area contributed by atoms with E-state index in [0.717, 1.165) is 31.8 Å². The van der Waals surface area contributed by atoms with Crippen molar-refractivity contribution < 1.29 is 9.59 Å². The number of fused-ring (bicyclic) bond motifs is 1. The fourth-order valence-corrected chi connectivity index (χ4v) is 4.11. The molecule has 1 aromatic carbocycles. The van der Waals surface area contributed by atoms with Crippen LogP contribution < -0.4 is 5.32 Å². The Morgan fingerprint density at radius 1 is 1.32 bits per heavy atom. The molecule has 0 spiro atoms. The summed E-state index contributed by atoms with van der Waals surface area (Å²) in [6, 6.07) is 7.23. The zero-order valence-corrected chi connectivity index (χ0v) is 18.7. The van der Waals surface area contributed by atoms with Crippen LogP contribution in [0.5, 0.6) is 0 Å². The van der Waals surface area contributed by atoms with Crippen molar-refractivity contribution in [3.8, 4) is 0 Å². The Hall–Kier alpha value is -2.64. The van der Waals surface area contributed by atoms with E-state index < -0.39 is 0 Å². The zero-order chi connectivity index (χ0) is 22.0. The number of nitrogens with one attached hydrogen (secondary N) is 1. The SMILES string of the molecule is CCN(C)C/C=C/C(=O)N1Cc2ncc(C(=O)Nc3ccccc3Cl)n2[C@H](C2CC2)C1. The first-order valence-electron chi connectivity index (χ1n) is 10.7. The summed E-state index contributed by atoms with van der Waals surface area (Å²) in [6.45, 7) is 4.74. The number of amides is 2. The third kappa shape index (κ3) is 4.83. The average molecular weight is 442 g/mol. The fraction of sp³-hybridized carbons (Fsp3) is 0.435. The van der Waals surface area contributed by atoms with Crippen molar-refractivity contribution in [1.82, 2.24) is 19.4 Å². The van der Waals surface area contributed by atoms with Crippen molar-refractivity contribution in [2.45, 2.75) is 32.4 Å². The molecule has 1 N–H and O–H groups in total. The van der Waals surface area contributed by atoms with Gasteiger partial charge in [0.05, 0.1) is 29.5 Å². The van der Waals surface area contributed by atoms with E-state index in [4.69, 9.17) is 11.6 Å². The van der Waals surface area contributed by atoms with Gasteiger partial charge in [-0.3, -0.25) is 9.59 Å². The number of halogens is 1. The molecule has 7 nitrogen and oxygen atoms in total. The van der Waals surface area contributed by atoms with E-state index in [-0.39, 0.29) is 17.9 Å². The molecule has 1 aromatic heterocycles. The lowest BCUT2D eigenvalue weighted by molar-refractivity contribution is -0.128. The molecule has 0 radical (unpaired) electrons. The Morgan fingerprint density at radius 3 is 2.81 bits per heavy atom. The highest BCUT2D eigenvalue weighted by Crippen LogP contribution is 2.43. The van der Waals surface area contributed by atoms with Crippen LogP contribution >= 0.6 is 11.6 Å². The summed E-state index contributed by atoms with van der Waals surface area (Å²) in [5, 5.41) is 3.38. The first kappa shape index (κ1) is 21.6. The Morgan fingerprint density at radius 2 is 2.10 bits per heavy atom. The lowest BCUT2D eigenvalue weighted by atomic mass is 10.1. The van der Waals surface area contributed by atoms with E-state index in [9.17, 15) is 9.59 Å². The number of hydrogen-bond acceptors (Lipinski definition) is 4. The second kappa shape index (κ2) is 9.24. The molecule has 2 amide bonds. The van der Waals surface area contributed by atoms with Gasteiger partial charge in [0.2, 0.25) is 5.91 Å². The summed E-state index contributed by atoms with van der Waals surface area (Å²) >= 11 is 6.20. The molecule has 1 atom stereocenters. The molecule has 2 aliphatic rings. The van der Waals surface area contributed by atoms with Gasteiger partial charge in [-0.25, -0.2) is 4.98 Å². The van der Waals surface area contributed by atoms with Crippen LogP contribution in [0.3, 0.4) is 0 Å². The van der Waals surface area contributed by atoms with Gasteiger partial charge >= 0.3 is 0 Å². The maximum atomic E-state index is 13.0. The number of likely N-dealkylation sites (N-methyl/N-ethyl adjacent to an activating group) is 1. The third-order valence-corrected chi connectivity index (χ3v) is 6.32. The first-order valence-corrected chi connectivity index (χ1v) is 11.1. The van der Waals surface area contributed by atoms with E-state index in [2.05, 4.69) is 22.1 Å². The summed E-state index contributed by atoms with van der Waals surface area (Å²) in [5.74, 6) is 0.969. The minimum atomic E-state index is -0.236. The fourth-order valence-electron chi connectivity index (χ4n) is 3.92. The van der Waals surface area contributed by atoms with Gasteiger partial charge in [0.1, 0.15) is 11.5 Å². The molecule has 4 rings (SSSR count). The van der Waals surface area contributed by atoms with Crippen molar-refractivity contribution in [1.29, 1.82) is 0 Å². The van der Waals surface area contributed by atoms with Gasteiger partial charge in [-0.15, -0.1) is 0 Å². The number of rotatable bonds is 7. The minimum absolute atomic E-state index is 0.00790. The van der Waals surface area contributed by atoms with Gasteiger partial charge in [-0.2, -0.15) is 0 Å². The molecule has 2 heterocycles. The Kier molecular flexibility index (Phi) is 6.43. The van der Waals surface area contributed by atoms with Crippen LogP contribution in [0.25, 0.3) is 0 Å². The van der Waals surface area contributed by atoms with Crippen LogP contribution in [0.4, 0.5) is 5.69 Å². The summed E-state index contributed by atoms with van der Waals surface area (Å²) in [5.41, 5.74) is 1.08. The smallest absolute Gasteiger partial charge is 0.273 e. The second-order valence-electron chi connectivity index (χ2n) is 8.24. The van der Waals surface area contributed by atoms with Gasteiger partial charge < -0.3 is 19.7 Å². The van der Waals surface area contributed by atoms with Crippen LogP contribution in [-0.4, -0.2) is 57.8 Å². The van der Waals surface area contributed by atoms with E-state index in [1.165, 1.54) is 0 Å². The summed E-state index contributed by atoms with van der Waals surface area (Å²) in [6.07, 6.45) is 7.37.